The van der Waals surface area contributed by atoms with Crippen molar-refractivity contribution in [1.82, 2.24) is 10.6 Å². The number of hydrogen-bond donors (Lipinski definition) is 13. The minimum atomic E-state index is -6.19. The van der Waals surface area contributed by atoms with Crippen LogP contribution in [0.3, 0.4) is 0 Å². The number of carboxylic acids is 2. The molecule has 0 bridgehead atoms. The molecule has 0 spiro atoms. The molecule has 54 heteroatoms. The lowest BCUT2D eigenvalue weighted by Gasteiger charge is -2.50. The van der Waals surface area contributed by atoms with E-state index in [-0.39, 0.29) is 11.5 Å². The second-order valence-corrected chi connectivity index (χ2v) is 25.4. The predicted octanol–water partition coefficient (Wildman–Crippen LogP) is -8.39. The SMILES string of the molecule is COc1ccc(O[C@@H]2O[C@H](COS(=O)(=O)O)[C@H](OS(=O)(=O)O)[C@H](O[C@@H]3O[C@H](C(=O)O)[C@@H](O[C@@H]4O[C@H](COS(=O)(=O)O)[C@H](OS(=O)(=O)O)[C@H](O[C@@H]5O[C@@H](C(=O)O)[C@@H](OS(=O)(=O)O)[C@H](O)[C@H]5OS(=O)(=O)O)[C@H]4NC(C)=O)[C@H](O)[C@H]3OS(=O)(=O)O)[C@H]2NC(C)=O)cc1. The van der Waals surface area contributed by atoms with Crippen LogP contribution in [0.2, 0.25) is 0 Å². The van der Waals surface area contributed by atoms with Gasteiger partial charge in [-0.3, -0.25) is 41.5 Å². The second-order valence-electron chi connectivity index (χ2n) is 18.0. The van der Waals surface area contributed by atoms with Gasteiger partial charge in [-0.05, 0) is 24.3 Å². The Balaban J connectivity index is 1.72. The average Bonchev–Trinajstić information content (AvgIpc) is 0.782. The minimum Gasteiger partial charge on any atom is -0.497 e. The first kappa shape index (κ1) is 75.2. The van der Waals surface area contributed by atoms with Gasteiger partial charge < -0.3 is 73.7 Å². The van der Waals surface area contributed by atoms with Crippen molar-refractivity contribution in [2.24, 2.45) is 0 Å². The number of carbonyl (C=O) groups is 4. The molecule has 47 nitrogen and oxygen atoms in total. The van der Waals surface area contributed by atoms with Crippen LogP contribution in [0.5, 0.6) is 11.5 Å². The van der Waals surface area contributed by atoms with E-state index in [0.717, 1.165) is 19.1 Å². The molecule has 1 aromatic carbocycles. The van der Waals surface area contributed by atoms with Gasteiger partial charge in [0.05, 0.1) is 20.3 Å². The largest absolute Gasteiger partial charge is 0.497 e. The van der Waals surface area contributed by atoms with E-state index in [9.17, 15) is 130 Å². The number of nitrogens with one attached hydrogen (secondary N) is 2. The maximum Gasteiger partial charge on any atom is 0.397 e. The molecule has 1 aromatic rings. The molecule has 4 saturated heterocycles. The maximum atomic E-state index is 13.3. The summed E-state index contributed by atoms with van der Waals surface area (Å²) in [6.45, 7) is -2.25. The lowest BCUT2D eigenvalue weighted by Crippen LogP contribution is -2.71. The zero-order valence-electron chi connectivity index (χ0n) is 43.9. The van der Waals surface area contributed by atoms with Crippen LogP contribution in [-0.4, -0.2) is 278 Å². The van der Waals surface area contributed by atoms with Gasteiger partial charge in [-0.15, -0.1) is 0 Å². The number of methoxy groups -OCH3 is 1. The zero-order chi connectivity index (χ0) is 67.5. The summed E-state index contributed by atoms with van der Waals surface area (Å²) in [6, 6.07) is -0.277. The van der Waals surface area contributed by atoms with E-state index in [1.165, 1.54) is 19.2 Å². The van der Waals surface area contributed by atoms with E-state index < -0.39 is 232 Å². The van der Waals surface area contributed by atoms with Gasteiger partial charge in [0, 0.05) is 13.8 Å². The molecule has 0 aliphatic carbocycles. The first-order chi connectivity index (χ1) is 40.5. The molecular formula is C35H50N2O45S7. The fourth-order valence-corrected chi connectivity index (χ4v) is 11.7. The molecule has 0 aromatic heterocycles. The van der Waals surface area contributed by atoms with Crippen molar-refractivity contribution in [3.05, 3.63) is 24.3 Å². The summed E-state index contributed by atoms with van der Waals surface area (Å²) in [4.78, 5) is 51.6. The molecule has 512 valence electrons. The quantitative estimate of drug-likeness (QED) is 0.0331. The number of aliphatic hydroxyl groups excluding tert-OH is 2. The fraction of sp³-hybridized carbons (Fsp3) is 0.714. The van der Waals surface area contributed by atoms with Crippen molar-refractivity contribution in [3.8, 4) is 11.5 Å². The van der Waals surface area contributed by atoms with Gasteiger partial charge in [0.2, 0.25) is 18.1 Å². The van der Waals surface area contributed by atoms with Gasteiger partial charge in [-0.25, -0.2) is 38.9 Å². The molecule has 89 heavy (non-hydrogen) atoms. The van der Waals surface area contributed by atoms with E-state index in [4.69, 9.17) is 42.6 Å². The Kier molecular flexibility index (Phi) is 24.6. The molecule has 13 N–H and O–H groups in total. The van der Waals surface area contributed by atoms with Crippen LogP contribution in [0, 0.1) is 0 Å². The van der Waals surface area contributed by atoms with Crippen LogP contribution < -0.4 is 20.1 Å². The first-order valence-electron chi connectivity index (χ1n) is 23.3. The average molecular weight is 1440 g/mol. The van der Waals surface area contributed by atoms with E-state index >= 15 is 0 Å². The number of ether oxygens (including phenoxy) is 9. The van der Waals surface area contributed by atoms with Crippen LogP contribution in [-0.2, 0) is 154 Å². The van der Waals surface area contributed by atoms with Gasteiger partial charge >= 0.3 is 84.7 Å². The van der Waals surface area contributed by atoms with E-state index in [1.807, 2.05) is 5.32 Å². The monoisotopic (exact) mass is 1440 g/mol. The number of aliphatic carboxylic acids is 2. The van der Waals surface area contributed by atoms with Crippen molar-refractivity contribution >= 4 is 96.5 Å². The van der Waals surface area contributed by atoms with Gasteiger partial charge in [0.25, 0.3) is 0 Å². The number of carboxylic acid groups (broad SMARTS) is 2. The number of hydrogen-bond acceptors (Lipinski definition) is 36. The minimum absolute atomic E-state index is 0.172. The molecule has 5 rings (SSSR count). The van der Waals surface area contributed by atoms with E-state index in [1.54, 1.807) is 0 Å². The summed E-state index contributed by atoms with van der Waals surface area (Å²) >= 11 is 0. The lowest BCUT2D eigenvalue weighted by atomic mass is 9.94. The topological polar surface area (TPSA) is 702 Å². The molecule has 4 heterocycles. The molecule has 2 amide bonds. The summed E-state index contributed by atoms with van der Waals surface area (Å²) < 4.78 is 318. The number of benzene rings is 1. The summed E-state index contributed by atoms with van der Waals surface area (Å²) in [6.07, 6.45) is -53.7. The molecule has 4 aliphatic rings. The number of aliphatic hydroxyl groups is 2. The highest BCUT2D eigenvalue weighted by Crippen LogP contribution is 2.39. The van der Waals surface area contributed by atoms with Crippen LogP contribution >= 0.6 is 0 Å². The molecule has 0 radical (unpaired) electrons. The maximum absolute atomic E-state index is 13.3. The number of rotatable bonds is 29. The highest BCUT2D eigenvalue weighted by molar-refractivity contribution is 7.82. The van der Waals surface area contributed by atoms with Gasteiger partial charge in [0.1, 0.15) is 84.6 Å². The van der Waals surface area contributed by atoms with Crippen molar-refractivity contribution in [2.75, 3.05) is 20.3 Å². The Morgan fingerprint density at radius 3 is 1.09 bits per heavy atom. The van der Waals surface area contributed by atoms with E-state index in [2.05, 4.69) is 34.6 Å². The number of amides is 2. The first-order valence-corrected chi connectivity index (χ1v) is 32.8. The Morgan fingerprint density at radius 2 is 0.742 bits per heavy atom. The third-order valence-electron chi connectivity index (χ3n) is 11.7. The van der Waals surface area contributed by atoms with Crippen molar-refractivity contribution < 1.29 is 202 Å². The third kappa shape index (κ3) is 22.6. The lowest BCUT2D eigenvalue weighted by molar-refractivity contribution is -0.363. The number of carbonyl (C=O) groups excluding carboxylic acids is 2. The Bertz CT molecular complexity index is 3520. The van der Waals surface area contributed by atoms with Crippen LogP contribution in [0.1, 0.15) is 13.8 Å². The van der Waals surface area contributed by atoms with Gasteiger partial charge in [0.15, 0.2) is 43.3 Å². The van der Waals surface area contributed by atoms with Gasteiger partial charge in [-0.1, -0.05) is 0 Å². The molecule has 0 saturated carbocycles. The highest BCUT2D eigenvalue weighted by atomic mass is 32.3. The summed E-state index contributed by atoms with van der Waals surface area (Å²) in [7, 11) is -40.6. The summed E-state index contributed by atoms with van der Waals surface area (Å²) in [5.74, 6) is -7.67. The summed E-state index contributed by atoms with van der Waals surface area (Å²) in [5, 5.41) is 47.8. The molecule has 4 fully saturated rings. The van der Waals surface area contributed by atoms with Crippen LogP contribution in [0.4, 0.5) is 0 Å². The van der Waals surface area contributed by atoms with Crippen LogP contribution in [0.15, 0.2) is 24.3 Å². The molecule has 0 unspecified atom stereocenters. The Labute approximate surface area is 500 Å². The summed E-state index contributed by atoms with van der Waals surface area (Å²) in [5.41, 5.74) is 0. The second kappa shape index (κ2) is 29.2. The molecule has 20 atom stereocenters. The Morgan fingerprint density at radius 1 is 0.427 bits per heavy atom. The van der Waals surface area contributed by atoms with Crippen molar-refractivity contribution in [2.45, 2.75) is 137 Å². The standard InChI is InChI=1S/C35H50N2O45S7/c1-10(38)36-16-22(20(78-85(52,53)54)14(8-68-83(46,47)48)71-32(16)70-13-6-4-12(67-3)5-7-13)73-34-26(81-88(61,62)63)18(40)24(28(76-34)30(42)43)75-33-17(37-11(2)39)23(21(79-86(55,56)57)15(72-33)9-69-84(49,50)51)74-35-27(82-89(64,65)66)19(41)25(80-87(58,59)60)29(77-35)31(44)45/h4-7,14-29,32-35,40-41H,8-9H2,1-3H3,(H,36,38)(H,37,39)(H,42,43)(H,44,45)(H,46,47,48)(H,49,50,51)(H,52,53,54)(H,55,56,57)(H,58,59,60)(H,61,62,63)(H,64,65,66)/t14-,15-,16-,17-,18+,19+,20+,21+,22-,23-,24+,25+,26-,27-,28+,29-,32-,33+,34-,35-/m1/s1. The predicted molar refractivity (Wildman–Crippen MR) is 262 cm³/mol. The zero-order valence-corrected chi connectivity index (χ0v) is 49.6. The van der Waals surface area contributed by atoms with Crippen molar-refractivity contribution in [3.63, 3.8) is 0 Å². The van der Waals surface area contributed by atoms with Gasteiger partial charge in [-0.2, -0.15) is 58.9 Å². The van der Waals surface area contributed by atoms with Crippen molar-refractivity contribution in [1.29, 1.82) is 0 Å². The fourth-order valence-electron chi connectivity index (χ4n) is 8.62. The molecular weight excluding hydrogens is 1390 g/mol. The normalized spacial score (nSPS) is 33.5. The Hall–Kier alpha value is -4.57. The third-order valence-corrected chi connectivity index (χ3v) is 14.9. The van der Waals surface area contributed by atoms with Crippen LogP contribution in [0.25, 0.3) is 0 Å². The van der Waals surface area contributed by atoms with E-state index in [0.29, 0.717) is 6.92 Å². The smallest absolute Gasteiger partial charge is 0.397 e. The molecule has 4 aliphatic heterocycles. The highest BCUT2D eigenvalue weighted by Gasteiger charge is 2.61.